The number of rotatable bonds is 3. The summed E-state index contributed by atoms with van der Waals surface area (Å²) in [6, 6.07) is 0.803. The van der Waals surface area contributed by atoms with Crippen molar-refractivity contribution in [2.24, 2.45) is 11.1 Å². The van der Waals surface area contributed by atoms with Crippen LogP contribution in [0, 0.1) is 5.41 Å². The highest BCUT2D eigenvalue weighted by atomic mass is 15.2. The van der Waals surface area contributed by atoms with Crippen molar-refractivity contribution in [2.75, 3.05) is 13.6 Å². The quantitative estimate of drug-likeness (QED) is 0.798. The first-order chi connectivity index (χ1) is 7.49. The molecule has 2 saturated carbocycles. The monoisotopic (exact) mass is 224 g/mol. The standard InChI is InChI=1S/C14H28N2/c1-13(2)8-9-14(10-13,11-15)16(3)12-6-4-5-7-12/h12H,4-11,15H2,1-3H3. The zero-order valence-corrected chi connectivity index (χ0v) is 11.3. The van der Waals surface area contributed by atoms with Gasteiger partial charge in [-0.2, -0.15) is 0 Å². The van der Waals surface area contributed by atoms with Crippen LogP contribution in [-0.2, 0) is 0 Å². The SMILES string of the molecule is CN(C1CCCC1)C1(CN)CCC(C)(C)C1. The summed E-state index contributed by atoms with van der Waals surface area (Å²) in [4.78, 5) is 2.65. The van der Waals surface area contributed by atoms with E-state index in [4.69, 9.17) is 5.73 Å². The molecule has 0 heterocycles. The van der Waals surface area contributed by atoms with E-state index in [0.717, 1.165) is 12.6 Å². The first kappa shape index (κ1) is 12.4. The lowest BCUT2D eigenvalue weighted by atomic mass is 9.86. The van der Waals surface area contributed by atoms with Crippen LogP contribution in [0.4, 0.5) is 0 Å². The van der Waals surface area contributed by atoms with E-state index in [0.29, 0.717) is 11.0 Å². The zero-order valence-electron chi connectivity index (χ0n) is 11.3. The van der Waals surface area contributed by atoms with Crippen LogP contribution in [0.5, 0.6) is 0 Å². The molecule has 0 aromatic rings. The average Bonchev–Trinajstić information content (AvgIpc) is 2.85. The Bertz CT molecular complexity index is 243. The normalized spacial score (nSPS) is 35.1. The fraction of sp³-hybridized carbons (Fsp3) is 1.00. The van der Waals surface area contributed by atoms with Crippen molar-refractivity contribution in [3.05, 3.63) is 0 Å². The summed E-state index contributed by atoms with van der Waals surface area (Å²) < 4.78 is 0. The minimum atomic E-state index is 0.304. The number of nitrogens with zero attached hydrogens (tertiary/aromatic N) is 1. The van der Waals surface area contributed by atoms with Gasteiger partial charge in [-0.1, -0.05) is 26.7 Å². The van der Waals surface area contributed by atoms with Crippen LogP contribution >= 0.6 is 0 Å². The molecule has 16 heavy (non-hydrogen) atoms. The van der Waals surface area contributed by atoms with Gasteiger partial charge in [-0.3, -0.25) is 4.90 Å². The Morgan fingerprint density at radius 2 is 1.81 bits per heavy atom. The molecular formula is C14H28N2. The summed E-state index contributed by atoms with van der Waals surface area (Å²) in [7, 11) is 2.32. The molecule has 2 rings (SSSR count). The second-order valence-electron chi connectivity index (χ2n) is 6.82. The van der Waals surface area contributed by atoms with E-state index in [-0.39, 0.29) is 0 Å². The lowest BCUT2D eigenvalue weighted by Crippen LogP contribution is -2.54. The van der Waals surface area contributed by atoms with Gasteiger partial charge in [-0.05, 0) is 44.6 Å². The van der Waals surface area contributed by atoms with Crippen LogP contribution in [0.25, 0.3) is 0 Å². The Morgan fingerprint density at radius 3 is 2.25 bits per heavy atom. The van der Waals surface area contributed by atoms with Gasteiger partial charge in [0, 0.05) is 18.1 Å². The molecule has 2 N–H and O–H groups in total. The Balaban J connectivity index is 2.09. The van der Waals surface area contributed by atoms with Crippen molar-refractivity contribution in [2.45, 2.75) is 70.4 Å². The molecule has 0 aromatic carbocycles. The van der Waals surface area contributed by atoms with Crippen LogP contribution in [0.15, 0.2) is 0 Å². The van der Waals surface area contributed by atoms with E-state index in [1.807, 2.05) is 0 Å². The minimum Gasteiger partial charge on any atom is -0.329 e. The van der Waals surface area contributed by atoms with Crippen molar-refractivity contribution >= 4 is 0 Å². The molecular weight excluding hydrogens is 196 g/mol. The summed E-state index contributed by atoms with van der Waals surface area (Å²) in [5.74, 6) is 0. The Hall–Kier alpha value is -0.0800. The maximum absolute atomic E-state index is 6.12. The molecule has 1 atom stereocenters. The van der Waals surface area contributed by atoms with Gasteiger partial charge in [0.25, 0.3) is 0 Å². The van der Waals surface area contributed by atoms with Gasteiger partial charge in [-0.25, -0.2) is 0 Å². The second-order valence-corrected chi connectivity index (χ2v) is 6.82. The highest BCUT2D eigenvalue weighted by Crippen LogP contribution is 2.47. The lowest BCUT2D eigenvalue weighted by Gasteiger charge is -2.43. The molecule has 2 heteroatoms. The van der Waals surface area contributed by atoms with Crippen molar-refractivity contribution in [3.8, 4) is 0 Å². The number of hydrogen-bond acceptors (Lipinski definition) is 2. The molecule has 2 fully saturated rings. The van der Waals surface area contributed by atoms with Crippen molar-refractivity contribution in [1.29, 1.82) is 0 Å². The van der Waals surface area contributed by atoms with E-state index in [1.54, 1.807) is 0 Å². The number of likely N-dealkylation sites (N-methyl/N-ethyl adjacent to an activating group) is 1. The molecule has 1 unspecified atom stereocenters. The first-order valence-electron chi connectivity index (χ1n) is 6.92. The molecule has 94 valence electrons. The maximum Gasteiger partial charge on any atom is 0.0336 e. The third kappa shape index (κ3) is 2.14. The Kier molecular flexibility index (Phi) is 3.33. The van der Waals surface area contributed by atoms with Gasteiger partial charge in [0.05, 0.1) is 0 Å². The van der Waals surface area contributed by atoms with E-state index in [9.17, 15) is 0 Å². The lowest BCUT2D eigenvalue weighted by molar-refractivity contribution is 0.0748. The number of hydrogen-bond donors (Lipinski definition) is 1. The zero-order chi connectivity index (χ0) is 11.8. The van der Waals surface area contributed by atoms with Gasteiger partial charge in [-0.15, -0.1) is 0 Å². The highest BCUT2D eigenvalue weighted by molar-refractivity contribution is 5.03. The molecule has 0 aliphatic heterocycles. The van der Waals surface area contributed by atoms with E-state index in [2.05, 4.69) is 25.8 Å². The maximum atomic E-state index is 6.12. The smallest absolute Gasteiger partial charge is 0.0336 e. The van der Waals surface area contributed by atoms with Crippen molar-refractivity contribution in [3.63, 3.8) is 0 Å². The van der Waals surface area contributed by atoms with Crippen LogP contribution in [0.1, 0.15) is 58.8 Å². The van der Waals surface area contributed by atoms with Crippen LogP contribution in [0.3, 0.4) is 0 Å². The largest absolute Gasteiger partial charge is 0.329 e. The minimum absolute atomic E-state index is 0.304. The predicted octanol–water partition coefficient (Wildman–Crippen LogP) is 2.77. The van der Waals surface area contributed by atoms with E-state index in [1.165, 1.54) is 44.9 Å². The number of nitrogens with two attached hydrogens (primary N) is 1. The van der Waals surface area contributed by atoms with Gasteiger partial charge < -0.3 is 5.73 Å². The molecule has 0 amide bonds. The van der Waals surface area contributed by atoms with Crippen LogP contribution in [0.2, 0.25) is 0 Å². The fourth-order valence-corrected chi connectivity index (χ4v) is 3.94. The summed E-state index contributed by atoms with van der Waals surface area (Å²) >= 11 is 0. The summed E-state index contributed by atoms with van der Waals surface area (Å²) in [5.41, 5.74) is 6.91. The second kappa shape index (κ2) is 4.30. The molecule has 0 radical (unpaired) electrons. The molecule has 0 saturated heterocycles. The van der Waals surface area contributed by atoms with Gasteiger partial charge in [0.2, 0.25) is 0 Å². The van der Waals surface area contributed by atoms with E-state index >= 15 is 0 Å². The van der Waals surface area contributed by atoms with Crippen LogP contribution in [-0.4, -0.2) is 30.1 Å². The first-order valence-corrected chi connectivity index (χ1v) is 6.92. The molecule has 2 aliphatic carbocycles. The van der Waals surface area contributed by atoms with Gasteiger partial charge in [0.15, 0.2) is 0 Å². The highest BCUT2D eigenvalue weighted by Gasteiger charge is 2.46. The van der Waals surface area contributed by atoms with E-state index < -0.39 is 0 Å². The van der Waals surface area contributed by atoms with Gasteiger partial charge >= 0.3 is 0 Å². The molecule has 0 bridgehead atoms. The average molecular weight is 224 g/mol. The van der Waals surface area contributed by atoms with Gasteiger partial charge in [0.1, 0.15) is 0 Å². The summed E-state index contributed by atoms with van der Waals surface area (Å²) in [6.45, 7) is 5.63. The molecule has 2 aliphatic rings. The molecule has 0 aromatic heterocycles. The fourth-order valence-electron chi connectivity index (χ4n) is 3.94. The Morgan fingerprint density at radius 1 is 1.19 bits per heavy atom. The summed E-state index contributed by atoms with van der Waals surface area (Å²) in [5, 5.41) is 0. The van der Waals surface area contributed by atoms with Crippen molar-refractivity contribution < 1.29 is 0 Å². The van der Waals surface area contributed by atoms with Crippen LogP contribution < -0.4 is 5.73 Å². The topological polar surface area (TPSA) is 29.3 Å². The van der Waals surface area contributed by atoms with Crippen molar-refractivity contribution in [1.82, 2.24) is 4.90 Å². The summed E-state index contributed by atoms with van der Waals surface area (Å²) in [6.07, 6.45) is 9.52. The predicted molar refractivity (Wildman–Crippen MR) is 69.4 cm³/mol. The third-order valence-electron chi connectivity index (χ3n) is 5.08. The Labute approximate surface area is 101 Å². The molecule has 2 nitrogen and oxygen atoms in total. The third-order valence-corrected chi connectivity index (χ3v) is 5.08. The molecule has 0 spiro atoms.